The Kier molecular flexibility index (Phi) is 6.99. The van der Waals surface area contributed by atoms with Gasteiger partial charge in [0, 0.05) is 5.92 Å². The summed E-state index contributed by atoms with van der Waals surface area (Å²) < 4.78 is 23.0. The first-order valence-electron chi connectivity index (χ1n) is 11.2. The predicted molar refractivity (Wildman–Crippen MR) is 113 cm³/mol. The minimum Gasteiger partial charge on any atom is -0.468 e. The number of esters is 1. The number of hydrogen-bond donors (Lipinski definition) is 2. The molecule has 2 saturated heterocycles. The molecule has 0 unspecified atom stereocenters. The molecule has 7 heteroatoms. The third-order valence-corrected chi connectivity index (χ3v) is 7.13. The lowest BCUT2D eigenvalue weighted by molar-refractivity contribution is -0.197. The molecule has 0 radical (unpaired) electrons. The molecule has 1 aliphatic carbocycles. The van der Waals surface area contributed by atoms with E-state index in [4.69, 9.17) is 18.9 Å². The van der Waals surface area contributed by atoms with Crippen LogP contribution in [0.2, 0.25) is 0 Å². The standard InChI is InChI=1S/C23H39NO6/c1-13(2)8-9-17-22(6,30-17)19-15(5)16(10-11-23(19)12-28-23)29-21(26)24-18(14(3)4)20(25)27-7/h8,14-19,21,24,26H,9-12H2,1-7H3/t15-,16-,17-,18-,19-,21+,22+,23+/m1/s1. The van der Waals surface area contributed by atoms with Gasteiger partial charge in [0.05, 0.1) is 37.1 Å². The average molecular weight is 426 g/mol. The first-order valence-corrected chi connectivity index (χ1v) is 11.2. The van der Waals surface area contributed by atoms with E-state index in [1.165, 1.54) is 12.7 Å². The number of rotatable bonds is 9. The van der Waals surface area contributed by atoms with Gasteiger partial charge in [0.1, 0.15) is 6.04 Å². The molecule has 3 aliphatic rings. The van der Waals surface area contributed by atoms with Gasteiger partial charge in [-0.3, -0.25) is 10.1 Å². The topological polar surface area (TPSA) is 92.9 Å². The maximum atomic E-state index is 12.0. The van der Waals surface area contributed by atoms with Crippen molar-refractivity contribution in [1.29, 1.82) is 0 Å². The highest BCUT2D eigenvalue weighted by molar-refractivity contribution is 5.75. The van der Waals surface area contributed by atoms with Gasteiger partial charge in [0.25, 0.3) is 0 Å². The van der Waals surface area contributed by atoms with E-state index in [9.17, 15) is 9.90 Å². The molecule has 2 aliphatic heterocycles. The van der Waals surface area contributed by atoms with Gasteiger partial charge in [-0.25, -0.2) is 0 Å². The van der Waals surface area contributed by atoms with Gasteiger partial charge in [-0.05, 0) is 51.9 Å². The van der Waals surface area contributed by atoms with E-state index in [1.807, 2.05) is 13.8 Å². The Hall–Kier alpha value is -0.990. The largest absolute Gasteiger partial charge is 0.468 e. The number of carbonyl (C=O) groups excluding carboxylic acids is 1. The zero-order chi connectivity index (χ0) is 22.3. The van der Waals surface area contributed by atoms with Crippen molar-refractivity contribution in [3.05, 3.63) is 11.6 Å². The second-order valence-electron chi connectivity index (χ2n) is 9.97. The SMILES string of the molecule is COC(=O)[C@H](N[C@@H](O)O[C@@H]1CC[C@]2(CO2)[C@@H]([C@@]2(C)O[C@@H]2CC=C(C)C)[C@@H]1C)C(C)C. The van der Waals surface area contributed by atoms with E-state index in [-0.39, 0.29) is 41.2 Å². The molecule has 0 aromatic rings. The molecule has 7 nitrogen and oxygen atoms in total. The lowest BCUT2D eigenvalue weighted by Crippen LogP contribution is -2.54. The van der Waals surface area contributed by atoms with Crippen molar-refractivity contribution in [3.63, 3.8) is 0 Å². The number of aliphatic hydroxyl groups is 1. The van der Waals surface area contributed by atoms with Crippen LogP contribution in [0.3, 0.4) is 0 Å². The number of aliphatic hydroxyl groups excluding tert-OH is 1. The molecule has 2 N–H and O–H groups in total. The minimum atomic E-state index is -1.24. The molecule has 0 aromatic heterocycles. The number of methoxy groups -OCH3 is 1. The van der Waals surface area contributed by atoms with E-state index in [2.05, 4.69) is 39.1 Å². The van der Waals surface area contributed by atoms with Crippen molar-refractivity contribution in [2.45, 2.75) is 96.7 Å². The molecule has 1 saturated carbocycles. The van der Waals surface area contributed by atoms with Crippen molar-refractivity contribution in [2.24, 2.45) is 17.8 Å². The highest BCUT2D eigenvalue weighted by atomic mass is 16.6. The van der Waals surface area contributed by atoms with Gasteiger partial charge in [-0.1, -0.05) is 32.4 Å². The molecule has 3 fully saturated rings. The van der Waals surface area contributed by atoms with Gasteiger partial charge >= 0.3 is 5.97 Å². The summed E-state index contributed by atoms with van der Waals surface area (Å²) in [6.07, 6.45) is 3.62. The highest BCUT2D eigenvalue weighted by Gasteiger charge is 2.70. The highest BCUT2D eigenvalue weighted by Crippen LogP contribution is 2.60. The Morgan fingerprint density at radius 1 is 1.37 bits per heavy atom. The van der Waals surface area contributed by atoms with Crippen LogP contribution in [0.5, 0.6) is 0 Å². The van der Waals surface area contributed by atoms with Crippen LogP contribution in [-0.4, -0.2) is 60.7 Å². The monoisotopic (exact) mass is 425 g/mol. The second-order valence-corrected chi connectivity index (χ2v) is 9.97. The third kappa shape index (κ3) is 4.75. The van der Waals surface area contributed by atoms with E-state index >= 15 is 0 Å². The molecule has 172 valence electrons. The van der Waals surface area contributed by atoms with Crippen molar-refractivity contribution in [1.82, 2.24) is 5.32 Å². The number of epoxide rings is 2. The summed E-state index contributed by atoms with van der Waals surface area (Å²) in [7, 11) is 1.34. The smallest absolute Gasteiger partial charge is 0.323 e. The summed E-state index contributed by atoms with van der Waals surface area (Å²) in [6.45, 7) is 13.1. The maximum Gasteiger partial charge on any atom is 0.323 e. The van der Waals surface area contributed by atoms with Gasteiger partial charge in [-0.15, -0.1) is 0 Å². The lowest BCUT2D eigenvalue weighted by atomic mass is 9.64. The summed E-state index contributed by atoms with van der Waals surface area (Å²) in [4.78, 5) is 12.0. The molecule has 0 amide bonds. The van der Waals surface area contributed by atoms with E-state index in [0.29, 0.717) is 0 Å². The van der Waals surface area contributed by atoms with Crippen LogP contribution in [0.1, 0.15) is 60.8 Å². The molecular formula is C23H39NO6. The summed E-state index contributed by atoms with van der Waals surface area (Å²) in [6, 6.07) is -0.629. The average Bonchev–Trinajstić information content (AvgIpc) is 3.58. The Labute approximate surface area is 180 Å². The molecule has 3 rings (SSSR count). The number of allylic oxidation sites excluding steroid dienone is 1. The zero-order valence-electron chi connectivity index (χ0n) is 19.4. The fourth-order valence-electron chi connectivity index (χ4n) is 5.34. The molecule has 2 heterocycles. The van der Waals surface area contributed by atoms with Crippen LogP contribution in [0.25, 0.3) is 0 Å². The van der Waals surface area contributed by atoms with Crippen molar-refractivity contribution >= 4 is 5.97 Å². The van der Waals surface area contributed by atoms with E-state index < -0.39 is 18.4 Å². The first-order chi connectivity index (χ1) is 14.0. The minimum absolute atomic E-state index is 0.0371. The fourth-order valence-corrected chi connectivity index (χ4v) is 5.34. The van der Waals surface area contributed by atoms with Crippen molar-refractivity contribution in [3.8, 4) is 0 Å². The lowest BCUT2D eigenvalue weighted by Gasteiger charge is -2.43. The summed E-state index contributed by atoms with van der Waals surface area (Å²) in [5, 5.41) is 13.4. The molecule has 8 atom stereocenters. The Balaban J connectivity index is 1.65. The zero-order valence-corrected chi connectivity index (χ0v) is 19.4. The van der Waals surface area contributed by atoms with Crippen LogP contribution >= 0.6 is 0 Å². The Morgan fingerprint density at radius 3 is 2.57 bits per heavy atom. The predicted octanol–water partition coefficient (Wildman–Crippen LogP) is 2.76. The van der Waals surface area contributed by atoms with E-state index in [0.717, 1.165) is 25.9 Å². The van der Waals surface area contributed by atoms with Gasteiger partial charge < -0.3 is 24.1 Å². The van der Waals surface area contributed by atoms with E-state index in [1.54, 1.807) is 0 Å². The van der Waals surface area contributed by atoms with Gasteiger partial charge in [-0.2, -0.15) is 0 Å². The maximum absolute atomic E-state index is 12.0. The quantitative estimate of drug-likeness (QED) is 0.254. The molecule has 0 aromatic carbocycles. The number of nitrogens with one attached hydrogen (secondary N) is 1. The fraction of sp³-hybridized carbons (Fsp3) is 0.870. The molecular weight excluding hydrogens is 386 g/mol. The number of carbonyl (C=O) groups is 1. The summed E-state index contributed by atoms with van der Waals surface area (Å²) in [5.41, 5.74) is 0.926. The van der Waals surface area contributed by atoms with Crippen LogP contribution in [-0.2, 0) is 23.7 Å². The van der Waals surface area contributed by atoms with Crippen LogP contribution in [0.15, 0.2) is 11.6 Å². The van der Waals surface area contributed by atoms with Crippen LogP contribution in [0, 0.1) is 17.8 Å². The van der Waals surface area contributed by atoms with Crippen molar-refractivity contribution in [2.75, 3.05) is 13.7 Å². The summed E-state index contributed by atoms with van der Waals surface area (Å²) >= 11 is 0. The molecule has 0 bridgehead atoms. The first kappa shape index (κ1) is 23.7. The number of ether oxygens (including phenoxy) is 4. The van der Waals surface area contributed by atoms with Gasteiger partial charge in [0.15, 0.2) is 0 Å². The summed E-state index contributed by atoms with van der Waals surface area (Å²) in [5.74, 6) is -0.0958. The van der Waals surface area contributed by atoms with Gasteiger partial charge in [0.2, 0.25) is 6.41 Å². The Morgan fingerprint density at radius 2 is 2.03 bits per heavy atom. The molecule has 30 heavy (non-hydrogen) atoms. The van der Waals surface area contributed by atoms with Crippen LogP contribution in [0.4, 0.5) is 0 Å². The van der Waals surface area contributed by atoms with Crippen LogP contribution < -0.4 is 5.32 Å². The molecule has 1 spiro atoms. The Bertz CT molecular complexity index is 656. The number of hydrogen-bond acceptors (Lipinski definition) is 7. The third-order valence-electron chi connectivity index (χ3n) is 7.13. The normalized spacial score (nSPS) is 39.5. The van der Waals surface area contributed by atoms with Crippen molar-refractivity contribution < 1.29 is 28.8 Å². The second kappa shape index (κ2) is 8.87.